The Morgan fingerprint density at radius 3 is 2.43 bits per heavy atom. The van der Waals surface area contributed by atoms with Crippen molar-refractivity contribution in [2.75, 3.05) is 16.8 Å². The van der Waals surface area contributed by atoms with Gasteiger partial charge in [-0.2, -0.15) is 0 Å². The van der Waals surface area contributed by atoms with E-state index in [1.165, 1.54) is 0 Å². The Morgan fingerprint density at radius 2 is 1.65 bits per heavy atom. The van der Waals surface area contributed by atoms with Crippen LogP contribution in [0, 0.1) is 13.8 Å². The highest BCUT2D eigenvalue weighted by Gasteiger charge is 2.34. The van der Waals surface area contributed by atoms with Gasteiger partial charge in [0.15, 0.2) is 6.10 Å². The Hall–Kier alpha value is -4.72. The first-order chi connectivity index (χ1) is 18.0. The SMILES string of the molecule is Cc1cc(C)nc(Nc2cccc(C(=O)N3C[C@@H](C(=O)NCc4ccccc4)Oc4ccccc43)c2)n1. The molecule has 0 saturated carbocycles. The lowest BCUT2D eigenvalue weighted by Crippen LogP contribution is -2.50. The maximum Gasteiger partial charge on any atom is 0.263 e. The molecule has 3 aromatic carbocycles. The number of fused-ring (bicyclic) bond motifs is 1. The Morgan fingerprint density at radius 1 is 0.919 bits per heavy atom. The maximum absolute atomic E-state index is 13.7. The van der Waals surface area contributed by atoms with E-state index in [9.17, 15) is 9.59 Å². The molecule has 1 atom stereocenters. The van der Waals surface area contributed by atoms with Crippen LogP contribution >= 0.6 is 0 Å². The molecule has 0 saturated heterocycles. The molecule has 4 aromatic rings. The molecule has 2 heterocycles. The summed E-state index contributed by atoms with van der Waals surface area (Å²) in [4.78, 5) is 37.1. The molecular weight excluding hydrogens is 466 g/mol. The summed E-state index contributed by atoms with van der Waals surface area (Å²) in [6, 6.07) is 25.9. The van der Waals surface area contributed by atoms with E-state index in [0.717, 1.165) is 17.0 Å². The van der Waals surface area contributed by atoms with Gasteiger partial charge in [-0.25, -0.2) is 9.97 Å². The van der Waals surface area contributed by atoms with E-state index in [0.29, 0.717) is 35.2 Å². The van der Waals surface area contributed by atoms with Crippen LogP contribution in [0.15, 0.2) is 84.9 Å². The van der Waals surface area contributed by atoms with Gasteiger partial charge in [0.05, 0.1) is 12.2 Å². The predicted octanol–water partition coefficient (Wildman–Crippen LogP) is 4.56. The number of amides is 2. The van der Waals surface area contributed by atoms with Gasteiger partial charge in [0.25, 0.3) is 11.8 Å². The third kappa shape index (κ3) is 5.59. The van der Waals surface area contributed by atoms with Crippen molar-refractivity contribution in [2.45, 2.75) is 26.5 Å². The van der Waals surface area contributed by atoms with Crippen LogP contribution in [0.25, 0.3) is 0 Å². The van der Waals surface area contributed by atoms with E-state index in [2.05, 4.69) is 20.6 Å². The maximum atomic E-state index is 13.7. The number of rotatable bonds is 6. The summed E-state index contributed by atoms with van der Waals surface area (Å²) in [7, 11) is 0. The van der Waals surface area contributed by atoms with E-state index >= 15 is 0 Å². The fraction of sp³-hybridized carbons (Fsp3) is 0.172. The molecule has 0 unspecified atom stereocenters. The Labute approximate surface area is 215 Å². The number of carbonyl (C=O) groups is 2. The molecule has 1 aliphatic heterocycles. The minimum absolute atomic E-state index is 0.0916. The first kappa shape index (κ1) is 24.0. The third-order valence-electron chi connectivity index (χ3n) is 5.97. The van der Waals surface area contributed by atoms with E-state index in [4.69, 9.17) is 4.74 Å². The monoisotopic (exact) mass is 493 g/mol. The minimum atomic E-state index is -0.840. The second-order valence-electron chi connectivity index (χ2n) is 8.87. The number of benzene rings is 3. The number of para-hydroxylation sites is 2. The van der Waals surface area contributed by atoms with Gasteiger partial charge in [0.1, 0.15) is 5.75 Å². The lowest BCUT2D eigenvalue weighted by Gasteiger charge is -2.34. The van der Waals surface area contributed by atoms with E-state index < -0.39 is 6.10 Å². The van der Waals surface area contributed by atoms with Crippen LogP contribution in [0.1, 0.15) is 27.3 Å². The standard InChI is InChI=1S/C29H27N5O3/c1-19-15-20(2)32-29(31-19)33-23-12-8-11-22(16-23)28(36)34-18-26(37-25-14-7-6-13-24(25)34)27(35)30-17-21-9-4-3-5-10-21/h3-16,26H,17-18H2,1-2H3,(H,30,35)(H,31,32,33)/t26-/m0/s1. The van der Waals surface area contributed by atoms with Crippen molar-refractivity contribution in [1.29, 1.82) is 0 Å². The van der Waals surface area contributed by atoms with Crippen LogP contribution in [-0.2, 0) is 11.3 Å². The number of ether oxygens (including phenoxy) is 1. The molecule has 8 heteroatoms. The topological polar surface area (TPSA) is 96.5 Å². The van der Waals surface area contributed by atoms with Gasteiger partial charge in [-0.1, -0.05) is 48.5 Å². The van der Waals surface area contributed by atoms with Crippen LogP contribution in [0.4, 0.5) is 17.3 Å². The summed E-state index contributed by atoms with van der Waals surface area (Å²) < 4.78 is 5.99. The van der Waals surface area contributed by atoms with Crippen LogP contribution in [0.2, 0.25) is 0 Å². The fourth-order valence-electron chi connectivity index (χ4n) is 4.26. The van der Waals surface area contributed by atoms with Gasteiger partial charge in [-0.3, -0.25) is 9.59 Å². The number of hydrogen-bond donors (Lipinski definition) is 2. The Bertz CT molecular complexity index is 1420. The van der Waals surface area contributed by atoms with E-state index in [1.54, 1.807) is 29.2 Å². The molecule has 2 amide bonds. The zero-order valence-electron chi connectivity index (χ0n) is 20.6. The molecule has 1 aliphatic rings. The number of anilines is 3. The molecule has 0 spiro atoms. The zero-order chi connectivity index (χ0) is 25.8. The largest absolute Gasteiger partial charge is 0.477 e. The minimum Gasteiger partial charge on any atom is -0.477 e. The summed E-state index contributed by atoms with van der Waals surface area (Å²) in [5.74, 6) is 0.439. The molecule has 0 aliphatic carbocycles. The summed E-state index contributed by atoms with van der Waals surface area (Å²) >= 11 is 0. The molecular formula is C29H27N5O3. The number of nitrogens with zero attached hydrogens (tertiary/aromatic N) is 3. The number of aryl methyl sites for hydroxylation is 2. The average molecular weight is 494 g/mol. The molecule has 2 N–H and O–H groups in total. The molecule has 37 heavy (non-hydrogen) atoms. The lowest BCUT2D eigenvalue weighted by molar-refractivity contribution is -0.127. The highest BCUT2D eigenvalue weighted by molar-refractivity contribution is 6.08. The number of nitrogens with one attached hydrogen (secondary N) is 2. The Balaban J connectivity index is 1.36. The number of aromatic nitrogens is 2. The van der Waals surface area contributed by atoms with Crippen molar-refractivity contribution in [2.24, 2.45) is 0 Å². The first-order valence-electron chi connectivity index (χ1n) is 12.0. The summed E-state index contributed by atoms with van der Waals surface area (Å²) in [6.07, 6.45) is -0.840. The van der Waals surface area contributed by atoms with Crippen molar-refractivity contribution >= 4 is 29.1 Å². The number of carbonyl (C=O) groups excluding carboxylic acids is 2. The lowest BCUT2D eigenvalue weighted by atomic mass is 10.1. The second kappa shape index (κ2) is 10.5. The summed E-state index contributed by atoms with van der Waals surface area (Å²) in [5, 5.41) is 6.10. The Kier molecular flexibility index (Phi) is 6.81. The molecule has 0 radical (unpaired) electrons. The fourth-order valence-corrected chi connectivity index (χ4v) is 4.26. The first-order valence-corrected chi connectivity index (χ1v) is 12.0. The third-order valence-corrected chi connectivity index (χ3v) is 5.97. The van der Waals surface area contributed by atoms with Gasteiger partial charge >= 0.3 is 0 Å². The average Bonchev–Trinajstić information content (AvgIpc) is 2.91. The van der Waals surface area contributed by atoms with Crippen molar-refractivity contribution in [1.82, 2.24) is 15.3 Å². The van der Waals surface area contributed by atoms with E-state index in [-0.39, 0.29) is 18.4 Å². The van der Waals surface area contributed by atoms with Crippen molar-refractivity contribution in [3.8, 4) is 5.75 Å². The zero-order valence-corrected chi connectivity index (χ0v) is 20.6. The predicted molar refractivity (Wildman–Crippen MR) is 142 cm³/mol. The van der Waals surface area contributed by atoms with Gasteiger partial charge in [0.2, 0.25) is 5.95 Å². The van der Waals surface area contributed by atoms with Gasteiger partial charge < -0.3 is 20.3 Å². The van der Waals surface area contributed by atoms with Crippen molar-refractivity contribution in [3.63, 3.8) is 0 Å². The molecule has 1 aromatic heterocycles. The summed E-state index contributed by atoms with van der Waals surface area (Å²) in [6.45, 7) is 4.28. The molecule has 186 valence electrons. The van der Waals surface area contributed by atoms with Gasteiger partial charge in [-0.05, 0) is 55.8 Å². The van der Waals surface area contributed by atoms with Gasteiger partial charge in [-0.15, -0.1) is 0 Å². The van der Waals surface area contributed by atoms with E-state index in [1.807, 2.05) is 74.5 Å². The molecule has 5 rings (SSSR count). The molecule has 0 fully saturated rings. The van der Waals surface area contributed by atoms with Crippen LogP contribution in [0.3, 0.4) is 0 Å². The second-order valence-corrected chi connectivity index (χ2v) is 8.87. The van der Waals surface area contributed by atoms with Crippen molar-refractivity contribution in [3.05, 3.63) is 107 Å². The number of hydrogen-bond acceptors (Lipinski definition) is 6. The highest BCUT2D eigenvalue weighted by atomic mass is 16.5. The quantitative estimate of drug-likeness (QED) is 0.409. The summed E-state index contributed by atoms with van der Waals surface area (Å²) in [5.41, 5.74) is 4.46. The normalized spacial score (nSPS) is 14.3. The van der Waals surface area contributed by atoms with Crippen molar-refractivity contribution < 1.29 is 14.3 Å². The van der Waals surface area contributed by atoms with Gasteiger partial charge in [0, 0.05) is 29.2 Å². The smallest absolute Gasteiger partial charge is 0.263 e. The molecule has 8 nitrogen and oxygen atoms in total. The highest BCUT2D eigenvalue weighted by Crippen LogP contribution is 2.34. The molecule has 0 bridgehead atoms. The van der Waals surface area contributed by atoms with Crippen LogP contribution in [-0.4, -0.2) is 34.4 Å². The van der Waals surface area contributed by atoms with Crippen LogP contribution in [0.5, 0.6) is 5.75 Å². The van der Waals surface area contributed by atoms with Crippen LogP contribution < -0.4 is 20.3 Å².